The van der Waals surface area contributed by atoms with Gasteiger partial charge >= 0.3 is 0 Å². The summed E-state index contributed by atoms with van der Waals surface area (Å²) in [6, 6.07) is 7.35. The number of anilines is 1. The number of carbonyl (C=O) groups excluding carboxylic acids is 1. The van der Waals surface area contributed by atoms with Gasteiger partial charge in [-0.05, 0) is 42.9 Å². The molecule has 1 heterocycles. The highest BCUT2D eigenvalue weighted by atomic mass is 32.2. The van der Waals surface area contributed by atoms with Gasteiger partial charge in [-0.15, -0.1) is 0 Å². The van der Waals surface area contributed by atoms with E-state index in [0.717, 1.165) is 37.6 Å². The van der Waals surface area contributed by atoms with Gasteiger partial charge in [-0.3, -0.25) is 9.10 Å². The van der Waals surface area contributed by atoms with E-state index in [-0.39, 0.29) is 12.5 Å². The van der Waals surface area contributed by atoms with Gasteiger partial charge in [0.15, 0.2) is 0 Å². The maximum absolute atomic E-state index is 12.5. The fraction of sp³-hybridized carbons (Fsp3) is 0.588. The van der Waals surface area contributed by atoms with Gasteiger partial charge in [0.05, 0.1) is 11.9 Å². The Morgan fingerprint density at radius 2 is 1.96 bits per heavy atom. The molecule has 0 saturated carbocycles. The molecule has 23 heavy (non-hydrogen) atoms. The SMILES string of the molecule is CCc1ccc(N(CC(=O)N2CCCC(C)C2)S(C)(=O)=O)cc1. The number of carbonyl (C=O) groups is 1. The Kier molecular flexibility index (Phi) is 5.68. The van der Waals surface area contributed by atoms with Crippen molar-refractivity contribution in [3.63, 3.8) is 0 Å². The molecule has 1 amide bonds. The lowest BCUT2D eigenvalue weighted by Gasteiger charge is -2.33. The van der Waals surface area contributed by atoms with Crippen molar-refractivity contribution in [1.82, 2.24) is 4.90 Å². The van der Waals surface area contributed by atoms with Gasteiger partial charge in [0.25, 0.3) is 0 Å². The number of sulfonamides is 1. The van der Waals surface area contributed by atoms with E-state index in [1.807, 2.05) is 19.1 Å². The molecule has 0 spiro atoms. The van der Waals surface area contributed by atoms with Crippen LogP contribution in [0.3, 0.4) is 0 Å². The molecule has 1 unspecified atom stereocenters. The molecule has 2 rings (SSSR count). The van der Waals surface area contributed by atoms with Crippen molar-refractivity contribution in [1.29, 1.82) is 0 Å². The van der Waals surface area contributed by atoms with E-state index in [2.05, 4.69) is 6.92 Å². The van der Waals surface area contributed by atoms with Crippen LogP contribution in [0.5, 0.6) is 0 Å². The van der Waals surface area contributed by atoms with Crippen LogP contribution in [0.1, 0.15) is 32.3 Å². The number of benzene rings is 1. The Balaban J connectivity index is 2.17. The van der Waals surface area contributed by atoms with Gasteiger partial charge in [0.2, 0.25) is 15.9 Å². The first-order valence-electron chi connectivity index (χ1n) is 8.15. The largest absolute Gasteiger partial charge is 0.341 e. The second-order valence-electron chi connectivity index (χ2n) is 6.38. The molecule has 0 aliphatic carbocycles. The molecule has 1 atom stereocenters. The molecule has 0 bridgehead atoms. The molecule has 1 aromatic carbocycles. The lowest BCUT2D eigenvalue weighted by molar-refractivity contribution is -0.131. The zero-order valence-corrected chi connectivity index (χ0v) is 15.0. The summed E-state index contributed by atoms with van der Waals surface area (Å²) in [5, 5.41) is 0. The minimum Gasteiger partial charge on any atom is -0.341 e. The third kappa shape index (κ3) is 4.70. The third-order valence-corrected chi connectivity index (χ3v) is 5.46. The molecular formula is C17H26N2O3S. The van der Waals surface area contributed by atoms with Gasteiger partial charge in [0.1, 0.15) is 6.54 Å². The standard InChI is InChI=1S/C17H26N2O3S/c1-4-15-7-9-16(10-8-15)19(23(3,21)22)13-17(20)18-11-5-6-14(2)12-18/h7-10,14H,4-6,11-13H2,1-3H3. The molecule has 128 valence electrons. The van der Waals surface area contributed by atoms with E-state index in [9.17, 15) is 13.2 Å². The second kappa shape index (κ2) is 7.34. The van der Waals surface area contributed by atoms with Crippen LogP contribution in [0.15, 0.2) is 24.3 Å². The van der Waals surface area contributed by atoms with Crippen molar-refractivity contribution < 1.29 is 13.2 Å². The molecule has 1 fully saturated rings. The topological polar surface area (TPSA) is 57.7 Å². The first kappa shape index (κ1) is 17.8. The van der Waals surface area contributed by atoms with Crippen LogP contribution in [0.4, 0.5) is 5.69 Å². The Hall–Kier alpha value is -1.56. The highest BCUT2D eigenvalue weighted by Crippen LogP contribution is 2.20. The molecule has 5 nitrogen and oxygen atoms in total. The minimum atomic E-state index is -3.50. The maximum atomic E-state index is 12.5. The monoisotopic (exact) mass is 338 g/mol. The van der Waals surface area contributed by atoms with Crippen LogP contribution < -0.4 is 4.31 Å². The van der Waals surface area contributed by atoms with Crippen LogP contribution in [0.2, 0.25) is 0 Å². The Morgan fingerprint density at radius 3 is 2.48 bits per heavy atom. The van der Waals surface area contributed by atoms with Gasteiger partial charge in [0, 0.05) is 13.1 Å². The molecule has 0 aromatic heterocycles. The maximum Gasteiger partial charge on any atom is 0.243 e. The number of hydrogen-bond acceptors (Lipinski definition) is 3. The zero-order valence-electron chi connectivity index (χ0n) is 14.2. The quantitative estimate of drug-likeness (QED) is 0.827. The van der Waals surface area contributed by atoms with Crippen molar-refractivity contribution in [2.75, 3.05) is 30.2 Å². The number of piperidine rings is 1. The zero-order chi connectivity index (χ0) is 17.0. The van der Waals surface area contributed by atoms with E-state index >= 15 is 0 Å². The smallest absolute Gasteiger partial charge is 0.243 e. The highest BCUT2D eigenvalue weighted by Gasteiger charge is 2.26. The molecule has 0 radical (unpaired) electrons. The third-order valence-electron chi connectivity index (χ3n) is 4.32. The summed E-state index contributed by atoms with van der Waals surface area (Å²) in [7, 11) is -3.50. The Morgan fingerprint density at radius 1 is 1.30 bits per heavy atom. The summed E-state index contributed by atoms with van der Waals surface area (Å²) < 4.78 is 25.5. The number of nitrogens with zero attached hydrogens (tertiary/aromatic N) is 2. The van der Waals surface area contributed by atoms with Crippen LogP contribution in [0, 0.1) is 5.92 Å². The Labute approximate surface area is 139 Å². The first-order chi connectivity index (χ1) is 10.8. The summed E-state index contributed by atoms with van der Waals surface area (Å²) in [5.74, 6) is 0.352. The summed E-state index contributed by atoms with van der Waals surface area (Å²) in [5.41, 5.74) is 1.68. The molecule has 6 heteroatoms. The fourth-order valence-corrected chi connectivity index (χ4v) is 3.79. The molecule has 1 aliphatic heterocycles. The lowest BCUT2D eigenvalue weighted by atomic mass is 10.0. The van der Waals surface area contributed by atoms with E-state index in [1.165, 1.54) is 4.31 Å². The van der Waals surface area contributed by atoms with Crippen molar-refractivity contribution in [2.45, 2.75) is 33.1 Å². The van der Waals surface area contributed by atoms with Crippen LogP contribution >= 0.6 is 0 Å². The number of aryl methyl sites for hydroxylation is 1. The summed E-state index contributed by atoms with van der Waals surface area (Å²) in [4.78, 5) is 14.3. The van der Waals surface area contributed by atoms with Crippen molar-refractivity contribution in [2.24, 2.45) is 5.92 Å². The van der Waals surface area contributed by atoms with Crippen molar-refractivity contribution >= 4 is 21.6 Å². The van der Waals surface area contributed by atoms with Gasteiger partial charge in [-0.1, -0.05) is 26.0 Å². The van der Waals surface area contributed by atoms with Crippen molar-refractivity contribution in [3.05, 3.63) is 29.8 Å². The van der Waals surface area contributed by atoms with Crippen LogP contribution in [-0.4, -0.2) is 45.1 Å². The normalized spacial score (nSPS) is 18.7. The Bertz CT molecular complexity index is 640. The summed E-state index contributed by atoms with van der Waals surface area (Å²) >= 11 is 0. The second-order valence-corrected chi connectivity index (χ2v) is 8.28. The van der Waals surface area contributed by atoms with Gasteiger partial charge in [-0.2, -0.15) is 0 Å². The van der Waals surface area contributed by atoms with E-state index in [4.69, 9.17) is 0 Å². The highest BCUT2D eigenvalue weighted by molar-refractivity contribution is 7.92. The summed E-state index contributed by atoms with van der Waals surface area (Å²) in [6.45, 7) is 5.47. The summed E-state index contributed by atoms with van der Waals surface area (Å²) in [6.07, 6.45) is 4.14. The van der Waals surface area contributed by atoms with Crippen LogP contribution in [-0.2, 0) is 21.2 Å². The number of likely N-dealkylation sites (tertiary alicyclic amines) is 1. The molecular weight excluding hydrogens is 312 g/mol. The molecule has 1 aromatic rings. The minimum absolute atomic E-state index is 0.124. The fourth-order valence-electron chi connectivity index (χ4n) is 2.94. The first-order valence-corrected chi connectivity index (χ1v) is 10.0. The molecule has 1 aliphatic rings. The van der Waals surface area contributed by atoms with Gasteiger partial charge < -0.3 is 4.90 Å². The number of rotatable bonds is 5. The van der Waals surface area contributed by atoms with E-state index in [1.54, 1.807) is 17.0 Å². The number of amides is 1. The van der Waals surface area contributed by atoms with E-state index in [0.29, 0.717) is 18.2 Å². The van der Waals surface area contributed by atoms with Crippen molar-refractivity contribution in [3.8, 4) is 0 Å². The predicted octanol–water partition coefficient (Wildman–Crippen LogP) is 2.27. The number of hydrogen-bond donors (Lipinski definition) is 0. The molecule has 0 N–H and O–H groups in total. The van der Waals surface area contributed by atoms with Crippen LogP contribution in [0.25, 0.3) is 0 Å². The average Bonchev–Trinajstić information content (AvgIpc) is 2.51. The van der Waals surface area contributed by atoms with Gasteiger partial charge in [-0.25, -0.2) is 8.42 Å². The lowest BCUT2D eigenvalue weighted by Crippen LogP contribution is -2.46. The average molecular weight is 338 g/mol. The molecule has 1 saturated heterocycles. The predicted molar refractivity (Wildman–Crippen MR) is 93.0 cm³/mol. The van der Waals surface area contributed by atoms with E-state index < -0.39 is 10.0 Å².